The van der Waals surface area contributed by atoms with E-state index in [-0.39, 0.29) is 5.91 Å². The summed E-state index contributed by atoms with van der Waals surface area (Å²) in [6, 6.07) is 20.1. The Kier molecular flexibility index (Phi) is 9.08. The lowest BCUT2D eigenvalue weighted by Crippen LogP contribution is -2.27. The molecule has 0 saturated heterocycles. The molecule has 0 saturated carbocycles. The number of hydrogen-bond donors (Lipinski definition) is 1. The maximum Gasteiger partial charge on any atom is 0.225 e. The van der Waals surface area contributed by atoms with Crippen LogP contribution in [0.15, 0.2) is 71.2 Å². The van der Waals surface area contributed by atoms with Crippen molar-refractivity contribution in [1.29, 1.82) is 0 Å². The Morgan fingerprint density at radius 2 is 1.67 bits per heavy atom. The van der Waals surface area contributed by atoms with Gasteiger partial charge in [-0.1, -0.05) is 24.8 Å². The normalized spacial score (nSPS) is 10.9. The highest BCUT2D eigenvalue weighted by molar-refractivity contribution is 7.99. The number of rotatable bonds is 12. The van der Waals surface area contributed by atoms with Crippen LogP contribution in [0.1, 0.15) is 18.2 Å². The number of carbonyl (C=O) groups excluding carboxylic acids is 1. The fraction of sp³-hybridized carbons (Fsp3) is 0.286. The molecule has 0 fully saturated rings. The fourth-order valence-corrected chi connectivity index (χ4v) is 5.52. The third kappa shape index (κ3) is 6.30. The average molecular weight is 522 g/mol. The number of nitrogens with zero attached hydrogens (tertiary/aromatic N) is 2. The number of imidazole rings is 1. The molecule has 0 aliphatic carbocycles. The number of hydrogen-bond acceptors (Lipinski definition) is 6. The number of thioether (sulfide) groups is 1. The van der Waals surface area contributed by atoms with Gasteiger partial charge in [-0.3, -0.25) is 4.79 Å². The summed E-state index contributed by atoms with van der Waals surface area (Å²) >= 11 is 3.27. The van der Waals surface area contributed by atoms with Gasteiger partial charge in [0.15, 0.2) is 5.16 Å². The Morgan fingerprint density at radius 3 is 2.25 bits per heavy atom. The number of benzene rings is 2. The van der Waals surface area contributed by atoms with Crippen LogP contribution in [0.25, 0.3) is 22.5 Å². The highest BCUT2D eigenvalue weighted by Crippen LogP contribution is 2.37. The molecule has 2 heterocycles. The second-order valence-electron chi connectivity index (χ2n) is 8.15. The largest absolute Gasteiger partial charge is 0.497 e. The maximum atomic E-state index is 12.3. The molecule has 2 aromatic heterocycles. The van der Waals surface area contributed by atoms with Crippen molar-refractivity contribution in [3.8, 4) is 34.0 Å². The lowest BCUT2D eigenvalue weighted by Gasteiger charge is -2.13. The summed E-state index contributed by atoms with van der Waals surface area (Å²) in [6.45, 7) is 3.60. The van der Waals surface area contributed by atoms with Gasteiger partial charge in [-0.2, -0.15) is 0 Å². The van der Waals surface area contributed by atoms with Crippen LogP contribution < -0.4 is 14.8 Å². The number of methoxy groups -OCH3 is 2. The second-order valence-corrected chi connectivity index (χ2v) is 10.2. The zero-order valence-electron chi connectivity index (χ0n) is 20.8. The number of nitrogens with one attached hydrogen (secondary N) is 1. The minimum absolute atomic E-state index is 0.0489. The average Bonchev–Trinajstić information content (AvgIpc) is 3.55. The van der Waals surface area contributed by atoms with E-state index in [1.165, 1.54) is 0 Å². The van der Waals surface area contributed by atoms with E-state index in [0.29, 0.717) is 13.0 Å². The van der Waals surface area contributed by atoms with E-state index in [4.69, 9.17) is 14.5 Å². The van der Waals surface area contributed by atoms with Gasteiger partial charge in [0, 0.05) is 34.8 Å². The lowest BCUT2D eigenvalue weighted by molar-refractivity contribution is -0.120. The summed E-state index contributed by atoms with van der Waals surface area (Å²) < 4.78 is 13.0. The number of thiophene rings is 1. The first kappa shape index (κ1) is 25.9. The Bertz CT molecular complexity index is 1250. The molecule has 0 radical (unpaired) electrons. The van der Waals surface area contributed by atoms with Gasteiger partial charge in [0.2, 0.25) is 5.91 Å². The van der Waals surface area contributed by atoms with Crippen molar-refractivity contribution < 1.29 is 14.3 Å². The Morgan fingerprint density at radius 1 is 1.00 bits per heavy atom. The van der Waals surface area contributed by atoms with Crippen LogP contribution in [0.5, 0.6) is 11.5 Å². The Hall–Kier alpha value is -3.23. The predicted molar refractivity (Wildman–Crippen MR) is 148 cm³/mol. The van der Waals surface area contributed by atoms with Gasteiger partial charge >= 0.3 is 0 Å². The molecular weight excluding hydrogens is 490 g/mol. The van der Waals surface area contributed by atoms with Crippen molar-refractivity contribution in [3.63, 3.8) is 0 Å². The number of ether oxygens (including phenoxy) is 2. The number of amides is 1. The highest BCUT2D eigenvalue weighted by Gasteiger charge is 2.20. The molecule has 1 amide bonds. The van der Waals surface area contributed by atoms with E-state index >= 15 is 0 Å². The van der Waals surface area contributed by atoms with Gasteiger partial charge in [0.05, 0.1) is 32.0 Å². The molecule has 0 bridgehead atoms. The summed E-state index contributed by atoms with van der Waals surface area (Å²) in [5.74, 6) is 2.42. The van der Waals surface area contributed by atoms with Crippen molar-refractivity contribution in [2.45, 2.75) is 31.5 Å². The lowest BCUT2D eigenvalue weighted by atomic mass is 10.0. The van der Waals surface area contributed by atoms with Crippen LogP contribution in [-0.2, 0) is 17.8 Å². The van der Waals surface area contributed by atoms with Crippen molar-refractivity contribution in [2.24, 2.45) is 0 Å². The van der Waals surface area contributed by atoms with E-state index in [1.54, 1.807) is 37.3 Å². The van der Waals surface area contributed by atoms with Crippen molar-refractivity contribution >= 4 is 29.0 Å². The van der Waals surface area contributed by atoms with E-state index in [1.807, 2.05) is 53.9 Å². The standard InChI is InChI=1S/C28H31N3O3S2/c1-4-16-31-27(21-9-13-23(34-3)14-10-21)26(20-7-11-22(33-2)12-8-20)30-28(31)36-18-15-29-25(32)19-24-6-5-17-35-24/h5-14,17H,4,15-16,18-19H2,1-3H3,(H,29,32). The molecule has 0 unspecified atom stereocenters. The highest BCUT2D eigenvalue weighted by atomic mass is 32.2. The molecule has 0 aliphatic rings. The Labute approximate surface area is 220 Å². The molecule has 4 aromatic rings. The zero-order valence-corrected chi connectivity index (χ0v) is 22.5. The van der Waals surface area contributed by atoms with Gasteiger partial charge in [0.1, 0.15) is 11.5 Å². The summed E-state index contributed by atoms with van der Waals surface area (Å²) in [6.07, 6.45) is 1.41. The summed E-state index contributed by atoms with van der Waals surface area (Å²) in [5.41, 5.74) is 4.12. The van der Waals surface area contributed by atoms with Crippen LogP contribution in [-0.4, -0.2) is 42.0 Å². The van der Waals surface area contributed by atoms with E-state index in [2.05, 4.69) is 28.9 Å². The first-order valence-electron chi connectivity index (χ1n) is 11.9. The zero-order chi connectivity index (χ0) is 25.3. The molecule has 6 nitrogen and oxygen atoms in total. The van der Waals surface area contributed by atoms with Crippen molar-refractivity contribution in [3.05, 3.63) is 70.9 Å². The van der Waals surface area contributed by atoms with Gasteiger partial charge in [-0.05, 0) is 66.4 Å². The fourth-order valence-electron chi connectivity index (χ4n) is 3.93. The van der Waals surface area contributed by atoms with Gasteiger partial charge in [0.25, 0.3) is 0 Å². The first-order valence-corrected chi connectivity index (χ1v) is 13.8. The predicted octanol–water partition coefficient (Wildman–Crippen LogP) is 6.16. The molecule has 4 rings (SSSR count). The Balaban J connectivity index is 1.59. The van der Waals surface area contributed by atoms with E-state index in [9.17, 15) is 4.79 Å². The van der Waals surface area contributed by atoms with Gasteiger partial charge in [-0.15, -0.1) is 11.3 Å². The van der Waals surface area contributed by atoms with Gasteiger partial charge < -0.3 is 19.4 Å². The first-order chi connectivity index (χ1) is 17.6. The van der Waals surface area contributed by atoms with Crippen molar-refractivity contribution in [1.82, 2.24) is 14.9 Å². The van der Waals surface area contributed by atoms with E-state index < -0.39 is 0 Å². The maximum absolute atomic E-state index is 12.3. The summed E-state index contributed by atoms with van der Waals surface area (Å²) in [4.78, 5) is 18.4. The number of carbonyl (C=O) groups is 1. The topological polar surface area (TPSA) is 65.4 Å². The van der Waals surface area contributed by atoms with Crippen LogP contribution in [0.2, 0.25) is 0 Å². The van der Waals surface area contributed by atoms with Crippen LogP contribution in [0.4, 0.5) is 0 Å². The third-order valence-corrected chi connectivity index (χ3v) is 7.53. The minimum Gasteiger partial charge on any atom is -0.497 e. The summed E-state index contributed by atoms with van der Waals surface area (Å²) in [7, 11) is 3.34. The molecule has 1 N–H and O–H groups in total. The molecule has 2 aromatic carbocycles. The molecule has 188 valence electrons. The van der Waals surface area contributed by atoms with Crippen LogP contribution >= 0.6 is 23.1 Å². The molecule has 8 heteroatoms. The molecule has 36 heavy (non-hydrogen) atoms. The quantitative estimate of drug-likeness (QED) is 0.179. The SMILES string of the molecule is CCCn1c(SCCNC(=O)Cc2cccs2)nc(-c2ccc(OC)cc2)c1-c1ccc(OC)cc1. The molecule has 0 spiro atoms. The minimum atomic E-state index is 0.0489. The van der Waals surface area contributed by atoms with Crippen LogP contribution in [0, 0.1) is 0 Å². The van der Waals surface area contributed by atoms with Crippen molar-refractivity contribution in [2.75, 3.05) is 26.5 Å². The molecule has 0 aliphatic heterocycles. The smallest absolute Gasteiger partial charge is 0.225 e. The third-order valence-electron chi connectivity index (χ3n) is 5.68. The molecular formula is C28H31N3O3S2. The van der Waals surface area contributed by atoms with Gasteiger partial charge in [-0.25, -0.2) is 4.98 Å². The second kappa shape index (κ2) is 12.6. The monoisotopic (exact) mass is 521 g/mol. The van der Waals surface area contributed by atoms with Crippen LogP contribution in [0.3, 0.4) is 0 Å². The van der Waals surface area contributed by atoms with E-state index in [0.717, 1.165) is 62.8 Å². The molecule has 0 atom stereocenters. The summed E-state index contributed by atoms with van der Waals surface area (Å²) in [5, 5.41) is 5.97. The number of aromatic nitrogens is 2.